The summed E-state index contributed by atoms with van der Waals surface area (Å²) < 4.78 is 7.63. The zero-order chi connectivity index (χ0) is 20.2. The normalized spacial score (nSPS) is 16.0. The fraction of sp³-hybridized carbons (Fsp3) is 0.364. The number of nitrogens with zero attached hydrogens (tertiary/aromatic N) is 5. The van der Waals surface area contributed by atoms with Crippen LogP contribution in [-0.2, 0) is 11.3 Å². The van der Waals surface area contributed by atoms with E-state index < -0.39 is 0 Å². The first-order valence-electron chi connectivity index (χ1n) is 9.96. The Hall–Kier alpha value is -3.22. The number of rotatable bonds is 6. The van der Waals surface area contributed by atoms with Gasteiger partial charge in [-0.2, -0.15) is 5.10 Å². The third kappa shape index (κ3) is 4.13. The van der Waals surface area contributed by atoms with Gasteiger partial charge < -0.3 is 9.64 Å². The number of hydrogen-bond donors (Lipinski definition) is 0. The molecule has 0 bridgehead atoms. The van der Waals surface area contributed by atoms with E-state index >= 15 is 0 Å². The van der Waals surface area contributed by atoms with Gasteiger partial charge in [-0.1, -0.05) is 32.0 Å². The molecule has 3 heterocycles. The summed E-state index contributed by atoms with van der Waals surface area (Å²) in [6.45, 7) is 5.84. The molecule has 29 heavy (non-hydrogen) atoms. The lowest BCUT2D eigenvalue weighted by Gasteiger charge is -2.37. The highest BCUT2D eigenvalue weighted by molar-refractivity contribution is 5.77. The maximum absolute atomic E-state index is 13.0. The molecule has 0 saturated carbocycles. The number of hydrogen-bond acceptors (Lipinski definition) is 5. The van der Waals surface area contributed by atoms with Crippen molar-refractivity contribution in [3.8, 4) is 17.1 Å². The van der Waals surface area contributed by atoms with Gasteiger partial charge in [0.25, 0.3) is 0 Å². The van der Waals surface area contributed by atoms with Gasteiger partial charge in [-0.3, -0.25) is 9.78 Å². The molecular weight excluding hydrogens is 366 g/mol. The van der Waals surface area contributed by atoms with Crippen LogP contribution in [0.4, 0.5) is 0 Å². The van der Waals surface area contributed by atoms with Gasteiger partial charge in [-0.05, 0) is 30.2 Å². The fourth-order valence-electron chi connectivity index (χ4n) is 3.69. The van der Waals surface area contributed by atoms with Crippen LogP contribution in [0.2, 0.25) is 0 Å². The molecule has 0 unspecified atom stereocenters. The standard InChI is InChI=1S/C22H25N5O2/c1-16(2)20-22-24-21(17-7-6-11-23-15-17)25-27(22)13-12-26(20)19(28)10-14-29-18-8-4-3-5-9-18/h3-9,11,15-16,20H,10,12-14H2,1-2H3/t20-/m1/s1. The lowest BCUT2D eigenvalue weighted by Crippen LogP contribution is -2.45. The Morgan fingerprint density at radius 2 is 2.00 bits per heavy atom. The zero-order valence-electron chi connectivity index (χ0n) is 16.7. The SMILES string of the molecule is CC(C)[C@@H]1c2nc(-c3cccnc3)nn2CCN1C(=O)CCOc1ccccc1. The van der Waals surface area contributed by atoms with Crippen LogP contribution in [0.3, 0.4) is 0 Å². The highest BCUT2D eigenvalue weighted by Crippen LogP contribution is 2.32. The lowest BCUT2D eigenvalue weighted by atomic mass is 9.99. The molecule has 0 saturated heterocycles. The van der Waals surface area contributed by atoms with E-state index in [1.165, 1.54) is 0 Å². The topological polar surface area (TPSA) is 73.1 Å². The van der Waals surface area contributed by atoms with Gasteiger partial charge in [0, 0.05) is 24.5 Å². The summed E-state index contributed by atoms with van der Waals surface area (Å²) in [5, 5.41) is 4.65. The monoisotopic (exact) mass is 391 g/mol. The molecule has 1 aromatic carbocycles. The van der Waals surface area contributed by atoms with Crippen molar-refractivity contribution in [1.29, 1.82) is 0 Å². The van der Waals surface area contributed by atoms with Gasteiger partial charge >= 0.3 is 0 Å². The largest absolute Gasteiger partial charge is 0.493 e. The maximum Gasteiger partial charge on any atom is 0.226 e. The van der Waals surface area contributed by atoms with Crippen LogP contribution < -0.4 is 4.74 Å². The summed E-state index contributed by atoms with van der Waals surface area (Å²) in [6, 6.07) is 13.3. The van der Waals surface area contributed by atoms with E-state index in [0.29, 0.717) is 31.9 Å². The van der Waals surface area contributed by atoms with E-state index in [2.05, 4.69) is 23.9 Å². The predicted octanol–water partition coefficient (Wildman–Crippen LogP) is 3.35. The number of ether oxygens (including phenoxy) is 1. The van der Waals surface area contributed by atoms with Crippen molar-refractivity contribution >= 4 is 5.91 Å². The average molecular weight is 391 g/mol. The summed E-state index contributed by atoms with van der Waals surface area (Å²) in [7, 11) is 0. The molecule has 7 heteroatoms. The molecular formula is C22H25N5O2. The number of benzene rings is 1. The molecule has 150 valence electrons. The zero-order valence-corrected chi connectivity index (χ0v) is 16.7. The Balaban J connectivity index is 1.49. The van der Waals surface area contributed by atoms with Gasteiger partial charge in [0.2, 0.25) is 5.91 Å². The van der Waals surface area contributed by atoms with Crippen molar-refractivity contribution in [3.63, 3.8) is 0 Å². The molecule has 0 radical (unpaired) electrons. The molecule has 2 aromatic heterocycles. The molecule has 7 nitrogen and oxygen atoms in total. The number of carbonyl (C=O) groups excluding carboxylic acids is 1. The summed E-state index contributed by atoms with van der Waals surface area (Å²) in [5.74, 6) is 2.57. The molecule has 0 aliphatic carbocycles. The first kappa shape index (κ1) is 19.1. The second-order valence-electron chi connectivity index (χ2n) is 7.45. The van der Waals surface area contributed by atoms with Crippen LogP contribution in [0.15, 0.2) is 54.9 Å². The Kier molecular flexibility index (Phi) is 5.55. The molecule has 1 aliphatic heterocycles. The van der Waals surface area contributed by atoms with Gasteiger partial charge in [0.05, 0.1) is 25.6 Å². The third-order valence-electron chi connectivity index (χ3n) is 5.05. The van der Waals surface area contributed by atoms with Crippen LogP contribution in [-0.4, -0.2) is 43.7 Å². The second-order valence-corrected chi connectivity index (χ2v) is 7.45. The minimum Gasteiger partial charge on any atom is -0.493 e. The number of fused-ring (bicyclic) bond motifs is 1. The van der Waals surface area contributed by atoms with Crippen molar-refractivity contribution in [2.24, 2.45) is 5.92 Å². The number of aromatic nitrogens is 4. The summed E-state index contributed by atoms with van der Waals surface area (Å²) in [4.78, 5) is 23.8. The van der Waals surface area contributed by atoms with Crippen LogP contribution in [0.5, 0.6) is 5.75 Å². The smallest absolute Gasteiger partial charge is 0.226 e. The minimum absolute atomic E-state index is 0.0804. The van der Waals surface area contributed by atoms with Crippen molar-refractivity contribution in [2.45, 2.75) is 32.9 Å². The molecule has 1 amide bonds. The quantitative estimate of drug-likeness (QED) is 0.644. The number of para-hydroxylation sites is 1. The number of carbonyl (C=O) groups is 1. The first-order chi connectivity index (χ1) is 14.1. The van der Waals surface area contributed by atoms with Crippen LogP contribution in [0.25, 0.3) is 11.4 Å². The second kappa shape index (κ2) is 8.43. The van der Waals surface area contributed by atoms with Crippen LogP contribution in [0.1, 0.15) is 32.1 Å². The first-order valence-corrected chi connectivity index (χ1v) is 9.96. The Bertz CT molecular complexity index is 956. The fourth-order valence-corrected chi connectivity index (χ4v) is 3.69. The van der Waals surface area contributed by atoms with Crippen molar-refractivity contribution in [3.05, 3.63) is 60.7 Å². The highest BCUT2D eigenvalue weighted by atomic mass is 16.5. The lowest BCUT2D eigenvalue weighted by molar-refractivity contribution is -0.136. The highest BCUT2D eigenvalue weighted by Gasteiger charge is 2.35. The van der Waals surface area contributed by atoms with Crippen molar-refractivity contribution in [1.82, 2.24) is 24.6 Å². The maximum atomic E-state index is 13.0. The van der Waals surface area contributed by atoms with Gasteiger partial charge in [-0.15, -0.1) is 0 Å². The van der Waals surface area contributed by atoms with E-state index in [0.717, 1.165) is 17.1 Å². The molecule has 4 rings (SSSR count). The van der Waals surface area contributed by atoms with Crippen LogP contribution >= 0.6 is 0 Å². The van der Waals surface area contributed by atoms with Gasteiger partial charge in [0.15, 0.2) is 11.6 Å². The summed E-state index contributed by atoms with van der Waals surface area (Å²) in [5.41, 5.74) is 0.881. The van der Waals surface area contributed by atoms with Crippen molar-refractivity contribution < 1.29 is 9.53 Å². The number of pyridine rings is 1. The van der Waals surface area contributed by atoms with E-state index in [1.807, 2.05) is 52.0 Å². The van der Waals surface area contributed by atoms with E-state index in [9.17, 15) is 4.79 Å². The Morgan fingerprint density at radius 3 is 2.72 bits per heavy atom. The Labute approximate surface area is 170 Å². The van der Waals surface area contributed by atoms with Gasteiger partial charge in [0.1, 0.15) is 5.75 Å². The molecule has 0 spiro atoms. The van der Waals surface area contributed by atoms with Crippen LogP contribution in [0, 0.1) is 5.92 Å². The van der Waals surface area contributed by atoms with E-state index in [-0.39, 0.29) is 17.9 Å². The third-order valence-corrected chi connectivity index (χ3v) is 5.05. The van der Waals surface area contributed by atoms with Gasteiger partial charge in [-0.25, -0.2) is 9.67 Å². The molecule has 1 aliphatic rings. The van der Waals surface area contributed by atoms with E-state index in [4.69, 9.17) is 9.72 Å². The van der Waals surface area contributed by atoms with E-state index in [1.54, 1.807) is 12.4 Å². The Morgan fingerprint density at radius 1 is 1.17 bits per heavy atom. The molecule has 3 aromatic rings. The summed E-state index contributed by atoms with van der Waals surface area (Å²) in [6.07, 6.45) is 3.83. The molecule has 0 fully saturated rings. The molecule has 1 atom stereocenters. The molecule has 0 N–H and O–H groups in total. The van der Waals surface area contributed by atoms with Crippen molar-refractivity contribution in [2.75, 3.05) is 13.2 Å². The average Bonchev–Trinajstić information content (AvgIpc) is 3.18. The number of amides is 1. The predicted molar refractivity (Wildman–Crippen MR) is 109 cm³/mol. The summed E-state index contributed by atoms with van der Waals surface area (Å²) >= 11 is 0. The minimum atomic E-state index is -0.106.